The van der Waals surface area contributed by atoms with Gasteiger partial charge in [0.2, 0.25) is 0 Å². The van der Waals surface area contributed by atoms with Crippen LogP contribution in [0.25, 0.3) is 10.9 Å². The van der Waals surface area contributed by atoms with Crippen molar-refractivity contribution in [3.05, 3.63) is 35.5 Å². The fourth-order valence-electron chi connectivity index (χ4n) is 3.34. The summed E-state index contributed by atoms with van der Waals surface area (Å²) < 4.78 is 2.03. The lowest BCUT2D eigenvalue weighted by molar-refractivity contribution is 0.0949. The highest BCUT2D eigenvalue weighted by atomic mass is 16.1. The Morgan fingerprint density at radius 2 is 2.10 bits per heavy atom. The Bertz CT molecular complexity index is 636. The van der Waals surface area contributed by atoms with Gasteiger partial charge in [-0.25, -0.2) is 0 Å². The maximum atomic E-state index is 12.5. The van der Waals surface area contributed by atoms with Crippen molar-refractivity contribution >= 4 is 16.8 Å². The zero-order chi connectivity index (χ0) is 14.1. The molecule has 3 nitrogen and oxygen atoms in total. The average molecular weight is 270 g/mol. The van der Waals surface area contributed by atoms with E-state index >= 15 is 0 Å². The van der Waals surface area contributed by atoms with Crippen LogP contribution in [0.15, 0.2) is 24.4 Å². The molecule has 1 heterocycles. The molecule has 1 aliphatic carbocycles. The summed E-state index contributed by atoms with van der Waals surface area (Å²) >= 11 is 0. The summed E-state index contributed by atoms with van der Waals surface area (Å²) in [5.41, 5.74) is 3.09. The van der Waals surface area contributed by atoms with Crippen LogP contribution in [0.4, 0.5) is 0 Å². The standard InChI is InChI=1S/C17H22N2O/c1-12-6-5-9-15-16(12)14(11-19(15)2)17(20)18-10-13-7-3-4-8-13/h5-6,9,11,13H,3-4,7-8,10H2,1-2H3,(H,18,20). The number of carbonyl (C=O) groups excluding carboxylic acids is 1. The Labute approximate surface area is 120 Å². The normalized spacial score (nSPS) is 15.9. The first-order chi connectivity index (χ1) is 9.66. The highest BCUT2D eigenvalue weighted by Crippen LogP contribution is 2.26. The van der Waals surface area contributed by atoms with Gasteiger partial charge in [0, 0.05) is 30.7 Å². The SMILES string of the molecule is Cc1cccc2c1c(C(=O)NCC1CCCC1)cn2C. The maximum absolute atomic E-state index is 12.5. The first-order valence-electron chi connectivity index (χ1n) is 7.49. The Balaban J connectivity index is 1.84. The topological polar surface area (TPSA) is 34.0 Å². The Morgan fingerprint density at radius 3 is 2.85 bits per heavy atom. The number of aromatic nitrogens is 1. The highest BCUT2D eigenvalue weighted by molar-refractivity contribution is 6.08. The second kappa shape index (κ2) is 5.31. The molecule has 3 heteroatoms. The average Bonchev–Trinajstić information content (AvgIpc) is 3.05. The molecule has 1 aliphatic rings. The third-order valence-corrected chi connectivity index (χ3v) is 4.49. The lowest BCUT2D eigenvalue weighted by Gasteiger charge is -2.10. The summed E-state index contributed by atoms with van der Waals surface area (Å²) in [6, 6.07) is 6.17. The van der Waals surface area contributed by atoms with Gasteiger partial charge in [-0.3, -0.25) is 4.79 Å². The van der Waals surface area contributed by atoms with Gasteiger partial charge in [-0.1, -0.05) is 25.0 Å². The van der Waals surface area contributed by atoms with Gasteiger partial charge in [0.05, 0.1) is 5.56 Å². The summed E-state index contributed by atoms with van der Waals surface area (Å²) in [5, 5.41) is 4.20. The lowest BCUT2D eigenvalue weighted by Crippen LogP contribution is -2.28. The largest absolute Gasteiger partial charge is 0.352 e. The van der Waals surface area contributed by atoms with Crippen LogP contribution in [0, 0.1) is 12.8 Å². The monoisotopic (exact) mass is 270 g/mol. The molecule has 0 unspecified atom stereocenters. The van der Waals surface area contributed by atoms with E-state index in [4.69, 9.17) is 0 Å². The Morgan fingerprint density at radius 1 is 1.35 bits per heavy atom. The molecule has 0 spiro atoms. The van der Waals surface area contributed by atoms with E-state index in [0.717, 1.165) is 28.6 Å². The molecule has 1 aromatic carbocycles. The molecule has 1 saturated carbocycles. The van der Waals surface area contributed by atoms with Gasteiger partial charge in [-0.05, 0) is 37.3 Å². The summed E-state index contributed by atoms with van der Waals surface area (Å²) in [6.07, 6.45) is 7.09. The number of fused-ring (bicyclic) bond motifs is 1. The molecule has 3 rings (SSSR count). The molecule has 1 fully saturated rings. The molecule has 0 bridgehead atoms. The van der Waals surface area contributed by atoms with E-state index in [1.54, 1.807) is 0 Å². The number of carbonyl (C=O) groups is 1. The molecule has 2 aromatic rings. The van der Waals surface area contributed by atoms with E-state index in [0.29, 0.717) is 5.92 Å². The second-order valence-electron chi connectivity index (χ2n) is 5.98. The van der Waals surface area contributed by atoms with E-state index < -0.39 is 0 Å². The first-order valence-corrected chi connectivity index (χ1v) is 7.49. The van der Waals surface area contributed by atoms with Crippen LogP contribution < -0.4 is 5.32 Å². The summed E-state index contributed by atoms with van der Waals surface area (Å²) in [7, 11) is 2.00. The fraction of sp³-hybridized carbons (Fsp3) is 0.471. The maximum Gasteiger partial charge on any atom is 0.253 e. The van der Waals surface area contributed by atoms with Crippen molar-refractivity contribution in [2.45, 2.75) is 32.6 Å². The number of aryl methyl sites for hydroxylation is 2. The lowest BCUT2D eigenvalue weighted by atomic mass is 10.1. The molecular formula is C17H22N2O. The quantitative estimate of drug-likeness (QED) is 0.911. The van der Waals surface area contributed by atoms with Gasteiger partial charge >= 0.3 is 0 Å². The van der Waals surface area contributed by atoms with Crippen LogP contribution in [0.5, 0.6) is 0 Å². The fourth-order valence-corrected chi connectivity index (χ4v) is 3.34. The van der Waals surface area contributed by atoms with E-state index in [2.05, 4.69) is 24.4 Å². The molecule has 1 aromatic heterocycles. The van der Waals surface area contributed by atoms with Crippen molar-refractivity contribution in [2.24, 2.45) is 13.0 Å². The van der Waals surface area contributed by atoms with Gasteiger partial charge in [0.25, 0.3) is 5.91 Å². The van der Waals surface area contributed by atoms with Crippen LogP contribution in [0.3, 0.4) is 0 Å². The van der Waals surface area contributed by atoms with Gasteiger partial charge in [0.1, 0.15) is 0 Å². The first kappa shape index (κ1) is 13.2. The number of hydrogen-bond acceptors (Lipinski definition) is 1. The highest BCUT2D eigenvalue weighted by Gasteiger charge is 2.19. The minimum Gasteiger partial charge on any atom is -0.352 e. The van der Waals surface area contributed by atoms with Crippen LogP contribution >= 0.6 is 0 Å². The van der Waals surface area contributed by atoms with Gasteiger partial charge < -0.3 is 9.88 Å². The number of nitrogens with zero attached hydrogens (tertiary/aromatic N) is 1. The molecular weight excluding hydrogens is 248 g/mol. The van der Waals surface area contributed by atoms with Crippen molar-refractivity contribution < 1.29 is 4.79 Å². The predicted octanol–water partition coefficient (Wildman–Crippen LogP) is 3.41. The molecule has 20 heavy (non-hydrogen) atoms. The number of nitrogens with one attached hydrogen (secondary N) is 1. The third kappa shape index (κ3) is 2.33. The van der Waals surface area contributed by atoms with Crippen LogP contribution in [0.1, 0.15) is 41.6 Å². The zero-order valence-electron chi connectivity index (χ0n) is 12.3. The van der Waals surface area contributed by atoms with E-state index in [1.165, 1.54) is 25.7 Å². The number of amides is 1. The van der Waals surface area contributed by atoms with E-state index in [-0.39, 0.29) is 5.91 Å². The minimum absolute atomic E-state index is 0.0665. The minimum atomic E-state index is 0.0665. The van der Waals surface area contributed by atoms with Crippen LogP contribution in [-0.4, -0.2) is 17.0 Å². The van der Waals surface area contributed by atoms with E-state index in [1.807, 2.05) is 23.9 Å². The summed E-state index contributed by atoms with van der Waals surface area (Å²) in [4.78, 5) is 12.5. The third-order valence-electron chi connectivity index (χ3n) is 4.49. The zero-order valence-corrected chi connectivity index (χ0v) is 12.3. The van der Waals surface area contributed by atoms with E-state index in [9.17, 15) is 4.79 Å². The van der Waals surface area contributed by atoms with Crippen LogP contribution in [-0.2, 0) is 7.05 Å². The van der Waals surface area contributed by atoms with Crippen molar-refractivity contribution in [1.29, 1.82) is 0 Å². The summed E-state index contributed by atoms with van der Waals surface area (Å²) in [6.45, 7) is 2.89. The summed E-state index contributed by atoms with van der Waals surface area (Å²) in [5.74, 6) is 0.742. The van der Waals surface area contributed by atoms with Crippen molar-refractivity contribution in [2.75, 3.05) is 6.54 Å². The van der Waals surface area contributed by atoms with Gasteiger partial charge in [0.15, 0.2) is 0 Å². The van der Waals surface area contributed by atoms with Gasteiger partial charge in [-0.15, -0.1) is 0 Å². The Kier molecular flexibility index (Phi) is 3.51. The second-order valence-corrected chi connectivity index (χ2v) is 5.98. The van der Waals surface area contributed by atoms with Crippen molar-refractivity contribution in [3.8, 4) is 0 Å². The number of rotatable bonds is 3. The molecule has 1 N–H and O–H groups in total. The molecule has 1 amide bonds. The number of benzene rings is 1. The number of hydrogen-bond donors (Lipinski definition) is 1. The smallest absolute Gasteiger partial charge is 0.253 e. The van der Waals surface area contributed by atoms with Crippen molar-refractivity contribution in [3.63, 3.8) is 0 Å². The molecule has 0 saturated heterocycles. The molecule has 0 aliphatic heterocycles. The molecule has 0 atom stereocenters. The van der Waals surface area contributed by atoms with Gasteiger partial charge in [-0.2, -0.15) is 0 Å². The molecule has 0 radical (unpaired) electrons. The van der Waals surface area contributed by atoms with Crippen LogP contribution in [0.2, 0.25) is 0 Å². The molecule has 106 valence electrons. The van der Waals surface area contributed by atoms with Crippen molar-refractivity contribution in [1.82, 2.24) is 9.88 Å². The Hall–Kier alpha value is -1.77. The predicted molar refractivity (Wildman–Crippen MR) is 81.9 cm³/mol.